The van der Waals surface area contributed by atoms with Crippen molar-refractivity contribution < 1.29 is 0 Å². The zero-order valence-corrected chi connectivity index (χ0v) is 8.28. The van der Waals surface area contributed by atoms with Crippen molar-refractivity contribution in [1.82, 2.24) is 25.4 Å². The van der Waals surface area contributed by atoms with Crippen LogP contribution in [-0.4, -0.2) is 25.4 Å². The zero-order chi connectivity index (χ0) is 9.97. The average Bonchev–Trinajstić information content (AvgIpc) is 2.69. The molecule has 5 nitrogen and oxygen atoms in total. The summed E-state index contributed by atoms with van der Waals surface area (Å²) in [5.41, 5.74) is 1.49. The molecule has 2 heterocycles. The summed E-state index contributed by atoms with van der Waals surface area (Å²) in [7, 11) is 0. The molecular formula is C8H8ClN5. The first kappa shape index (κ1) is 9.08. The molecule has 0 aliphatic rings. The van der Waals surface area contributed by atoms with Gasteiger partial charge in [0.05, 0.1) is 6.20 Å². The van der Waals surface area contributed by atoms with Gasteiger partial charge in [-0.25, -0.2) is 9.97 Å². The molecule has 2 aromatic rings. The minimum absolute atomic E-state index is 0.426. The molecule has 0 saturated heterocycles. The summed E-state index contributed by atoms with van der Waals surface area (Å²) >= 11 is 5.84. The van der Waals surface area contributed by atoms with Crippen molar-refractivity contribution in [3.8, 4) is 11.5 Å². The molecule has 0 aliphatic carbocycles. The van der Waals surface area contributed by atoms with Gasteiger partial charge in [0.1, 0.15) is 10.8 Å². The quantitative estimate of drug-likeness (QED) is 0.761. The lowest BCUT2D eigenvalue weighted by molar-refractivity contribution is 0.934. The number of aryl methyl sites for hydroxylation is 1. The fraction of sp³-hybridized carbons (Fsp3) is 0.250. The van der Waals surface area contributed by atoms with Crippen LogP contribution in [0.25, 0.3) is 11.5 Å². The molecule has 14 heavy (non-hydrogen) atoms. The maximum Gasteiger partial charge on any atom is 0.183 e. The van der Waals surface area contributed by atoms with E-state index in [0.29, 0.717) is 16.7 Å². The molecule has 0 bridgehead atoms. The topological polar surface area (TPSA) is 67.3 Å². The van der Waals surface area contributed by atoms with E-state index in [1.807, 2.05) is 6.92 Å². The molecule has 0 aliphatic heterocycles. The Morgan fingerprint density at radius 2 is 2.29 bits per heavy atom. The Morgan fingerprint density at radius 1 is 1.43 bits per heavy atom. The molecular weight excluding hydrogens is 202 g/mol. The Kier molecular flexibility index (Phi) is 2.41. The molecule has 72 valence electrons. The number of aromatic nitrogens is 5. The van der Waals surface area contributed by atoms with Gasteiger partial charge in [0.25, 0.3) is 0 Å². The molecule has 0 fully saturated rings. The van der Waals surface area contributed by atoms with E-state index >= 15 is 0 Å². The highest BCUT2D eigenvalue weighted by Gasteiger charge is 2.06. The van der Waals surface area contributed by atoms with Gasteiger partial charge in [0, 0.05) is 5.69 Å². The van der Waals surface area contributed by atoms with Crippen LogP contribution in [0.3, 0.4) is 0 Å². The third kappa shape index (κ3) is 1.72. The van der Waals surface area contributed by atoms with Gasteiger partial charge < -0.3 is 0 Å². The van der Waals surface area contributed by atoms with E-state index in [2.05, 4.69) is 25.4 Å². The number of H-pyrrole nitrogens is 1. The number of hydrogen-bond donors (Lipinski definition) is 1. The predicted octanol–water partition coefficient (Wildman–Crippen LogP) is 1.48. The van der Waals surface area contributed by atoms with Crippen LogP contribution in [0.15, 0.2) is 12.3 Å². The molecule has 0 amide bonds. The zero-order valence-electron chi connectivity index (χ0n) is 7.53. The molecule has 0 radical (unpaired) electrons. The molecule has 0 spiro atoms. The maximum atomic E-state index is 5.84. The summed E-state index contributed by atoms with van der Waals surface area (Å²) in [4.78, 5) is 8.33. The lowest BCUT2D eigenvalue weighted by Gasteiger charge is -1.99. The molecule has 0 atom stereocenters. The number of hydrogen-bond acceptors (Lipinski definition) is 4. The van der Waals surface area contributed by atoms with Crippen LogP contribution in [0.5, 0.6) is 0 Å². The normalized spacial score (nSPS) is 10.4. The second-order valence-electron chi connectivity index (χ2n) is 2.71. The number of nitrogens with zero attached hydrogens (tertiary/aromatic N) is 4. The largest absolute Gasteiger partial charge is 0.232 e. The Labute approximate surface area is 85.5 Å². The Morgan fingerprint density at radius 3 is 2.93 bits per heavy atom. The smallest absolute Gasteiger partial charge is 0.183 e. The third-order valence-corrected chi connectivity index (χ3v) is 1.95. The van der Waals surface area contributed by atoms with Crippen LogP contribution in [0.4, 0.5) is 0 Å². The van der Waals surface area contributed by atoms with Gasteiger partial charge in [-0.3, -0.25) is 0 Å². The van der Waals surface area contributed by atoms with E-state index in [4.69, 9.17) is 11.6 Å². The van der Waals surface area contributed by atoms with Gasteiger partial charge in [-0.15, -0.1) is 0 Å². The van der Waals surface area contributed by atoms with Gasteiger partial charge in [-0.2, -0.15) is 15.4 Å². The van der Waals surface area contributed by atoms with Gasteiger partial charge in [0.2, 0.25) is 0 Å². The summed E-state index contributed by atoms with van der Waals surface area (Å²) in [6, 6.07) is 1.74. The SMILES string of the molecule is CCc1cc(Cl)nc(-c2cn[nH]n2)n1. The maximum absolute atomic E-state index is 5.84. The van der Waals surface area contributed by atoms with Gasteiger partial charge >= 0.3 is 0 Å². The third-order valence-electron chi connectivity index (χ3n) is 1.75. The van der Waals surface area contributed by atoms with Crippen molar-refractivity contribution in [1.29, 1.82) is 0 Å². The van der Waals surface area contributed by atoms with Crippen LogP contribution >= 0.6 is 11.6 Å². The van der Waals surface area contributed by atoms with Crippen molar-refractivity contribution >= 4 is 11.6 Å². The first-order valence-corrected chi connectivity index (χ1v) is 4.57. The van der Waals surface area contributed by atoms with E-state index in [-0.39, 0.29) is 0 Å². The van der Waals surface area contributed by atoms with Crippen molar-refractivity contribution in [2.24, 2.45) is 0 Å². The molecule has 6 heteroatoms. The second kappa shape index (κ2) is 3.71. The number of rotatable bonds is 2. The van der Waals surface area contributed by atoms with Gasteiger partial charge in [0.15, 0.2) is 5.82 Å². The Bertz CT molecular complexity index is 425. The van der Waals surface area contributed by atoms with E-state index in [1.165, 1.54) is 0 Å². The van der Waals surface area contributed by atoms with E-state index < -0.39 is 0 Å². The predicted molar refractivity (Wildman–Crippen MR) is 51.8 cm³/mol. The highest BCUT2D eigenvalue weighted by Crippen LogP contribution is 2.14. The lowest BCUT2D eigenvalue weighted by atomic mass is 10.3. The Balaban J connectivity index is 2.48. The standard InChI is InChI=1S/C8H8ClN5/c1-2-5-3-7(9)12-8(11-5)6-4-10-14-13-6/h3-4H,2H2,1H3,(H,10,13,14). The first-order chi connectivity index (χ1) is 6.79. The van der Waals surface area contributed by atoms with Gasteiger partial charge in [-0.1, -0.05) is 18.5 Å². The summed E-state index contributed by atoms with van der Waals surface area (Å²) in [5, 5.41) is 10.5. The summed E-state index contributed by atoms with van der Waals surface area (Å²) in [6.07, 6.45) is 2.37. The fourth-order valence-corrected chi connectivity index (χ4v) is 1.28. The highest BCUT2D eigenvalue weighted by molar-refractivity contribution is 6.29. The van der Waals surface area contributed by atoms with Crippen molar-refractivity contribution in [3.05, 3.63) is 23.1 Å². The van der Waals surface area contributed by atoms with Crippen LogP contribution in [0.2, 0.25) is 5.15 Å². The Hall–Kier alpha value is -1.49. The molecule has 1 N–H and O–H groups in total. The van der Waals surface area contributed by atoms with Crippen molar-refractivity contribution in [2.75, 3.05) is 0 Å². The lowest BCUT2D eigenvalue weighted by Crippen LogP contribution is -1.95. The van der Waals surface area contributed by atoms with Crippen molar-refractivity contribution in [2.45, 2.75) is 13.3 Å². The highest BCUT2D eigenvalue weighted by atomic mass is 35.5. The van der Waals surface area contributed by atoms with Gasteiger partial charge in [-0.05, 0) is 12.5 Å². The monoisotopic (exact) mass is 209 g/mol. The molecule has 2 rings (SSSR count). The minimum atomic E-state index is 0.426. The van der Waals surface area contributed by atoms with Crippen molar-refractivity contribution in [3.63, 3.8) is 0 Å². The average molecular weight is 210 g/mol. The van der Waals surface area contributed by atoms with E-state index in [1.54, 1.807) is 12.3 Å². The fourth-order valence-electron chi connectivity index (χ4n) is 1.07. The summed E-state index contributed by atoms with van der Waals surface area (Å²) < 4.78 is 0. The van der Waals surface area contributed by atoms with Crippen LogP contribution in [-0.2, 0) is 6.42 Å². The molecule has 0 saturated carbocycles. The van der Waals surface area contributed by atoms with E-state index in [9.17, 15) is 0 Å². The molecule has 0 aromatic carbocycles. The number of halogens is 1. The second-order valence-corrected chi connectivity index (χ2v) is 3.10. The summed E-state index contributed by atoms with van der Waals surface area (Å²) in [6.45, 7) is 2.01. The van der Waals surface area contributed by atoms with Crippen LogP contribution < -0.4 is 0 Å². The van der Waals surface area contributed by atoms with Crippen LogP contribution in [0, 0.1) is 0 Å². The summed E-state index contributed by atoms with van der Waals surface area (Å²) in [5.74, 6) is 0.503. The number of aromatic amines is 1. The minimum Gasteiger partial charge on any atom is -0.232 e. The molecule has 0 unspecified atom stereocenters. The molecule has 2 aromatic heterocycles. The number of nitrogens with one attached hydrogen (secondary N) is 1. The van der Waals surface area contributed by atoms with E-state index in [0.717, 1.165) is 12.1 Å². The first-order valence-electron chi connectivity index (χ1n) is 4.19. The van der Waals surface area contributed by atoms with Crippen LogP contribution in [0.1, 0.15) is 12.6 Å².